The van der Waals surface area contributed by atoms with E-state index in [1.54, 1.807) is 0 Å². The van der Waals surface area contributed by atoms with Gasteiger partial charge in [-0.3, -0.25) is 0 Å². The Balaban J connectivity index is 2.68. The van der Waals surface area contributed by atoms with E-state index in [9.17, 15) is 5.11 Å². The smallest absolute Gasteiger partial charge is 0.0827 e. The van der Waals surface area contributed by atoms with Crippen LogP contribution in [0.1, 0.15) is 38.9 Å². The molecule has 1 rings (SSSR count). The summed E-state index contributed by atoms with van der Waals surface area (Å²) in [6, 6.07) is 1.98. The van der Waals surface area contributed by atoms with E-state index in [1.807, 2.05) is 32.3 Å². The van der Waals surface area contributed by atoms with Crippen LogP contribution in [0.15, 0.2) is 30.6 Å². The number of nitrogens with zero attached hydrogens (tertiary/aromatic N) is 1. The van der Waals surface area contributed by atoms with E-state index < -0.39 is 0 Å². The molecule has 0 radical (unpaired) electrons. The molecule has 1 heterocycles. The van der Waals surface area contributed by atoms with Crippen LogP contribution in [-0.2, 0) is 6.54 Å². The molecule has 0 fully saturated rings. The molecular formula is C13H21NO. The Kier molecular flexibility index (Phi) is 4.15. The first-order valence-electron chi connectivity index (χ1n) is 5.55. The molecule has 0 aromatic carbocycles. The van der Waals surface area contributed by atoms with Crippen molar-refractivity contribution in [1.29, 1.82) is 0 Å². The zero-order valence-corrected chi connectivity index (χ0v) is 9.90. The summed E-state index contributed by atoms with van der Waals surface area (Å²) in [5.41, 5.74) is 2.20. The van der Waals surface area contributed by atoms with Gasteiger partial charge in [-0.15, -0.1) is 0 Å². The van der Waals surface area contributed by atoms with Crippen LogP contribution >= 0.6 is 0 Å². The van der Waals surface area contributed by atoms with Gasteiger partial charge in [0.15, 0.2) is 0 Å². The van der Waals surface area contributed by atoms with E-state index >= 15 is 0 Å². The number of allylic oxidation sites excluding steroid dienone is 1. The van der Waals surface area contributed by atoms with Crippen molar-refractivity contribution >= 4 is 0 Å². The van der Waals surface area contributed by atoms with Gasteiger partial charge < -0.3 is 9.67 Å². The number of aliphatic hydroxyl groups excluding tert-OH is 1. The van der Waals surface area contributed by atoms with Crippen molar-refractivity contribution in [3.05, 3.63) is 36.2 Å². The highest BCUT2D eigenvalue weighted by Gasteiger charge is 2.12. The Morgan fingerprint density at radius 3 is 2.73 bits per heavy atom. The standard InChI is InChI=1S/C13H21NO/c1-5-11(4)8-14-7-6-12(9-14)13(15)10(2)3/h6-7,9-10,13,15H,4-5,8H2,1-3H3. The minimum Gasteiger partial charge on any atom is -0.388 e. The monoisotopic (exact) mass is 207 g/mol. The summed E-state index contributed by atoms with van der Waals surface area (Å²) in [5, 5.41) is 9.87. The van der Waals surface area contributed by atoms with Crippen molar-refractivity contribution in [3.8, 4) is 0 Å². The molecule has 0 bridgehead atoms. The van der Waals surface area contributed by atoms with E-state index in [4.69, 9.17) is 0 Å². The van der Waals surface area contributed by atoms with Crippen molar-refractivity contribution in [3.63, 3.8) is 0 Å². The third kappa shape index (κ3) is 3.24. The lowest BCUT2D eigenvalue weighted by Crippen LogP contribution is -2.04. The fourth-order valence-electron chi connectivity index (χ4n) is 1.49. The Hall–Kier alpha value is -1.02. The molecule has 1 unspecified atom stereocenters. The van der Waals surface area contributed by atoms with Gasteiger partial charge in [-0.25, -0.2) is 0 Å². The van der Waals surface area contributed by atoms with Crippen molar-refractivity contribution in [2.75, 3.05) is 0 Å². The third-order valence-electron chi connectivity index (χ3n) is 2.65. The normalized spacial score (nSPS) is 13.1. The molecule has 0 aliphatic heterocycles. The topological polar surface area (TPSA) is 25.2 Å². The Morgan fingerprint density at radius 2 is 2.20 bits per heavy atom. The van der Waals surface area contributed by atoms with E-state index in [0.717, 1.165) is 18.5 Å². The van der Waals surface area contributed by atoms with Crippen LogP contribution in [0.25, 0.3) is 0 Å². The van der Waals surface area contributed by atoms with E-state index in [1.165, 1.54) is 5.57 Å². The summed E-state index contributed by atoms with van der Waals surface area (Å²) in [5.74, 6) is 0.259. The fourth-order valence-corrected chi connectivity index (χ4v) is 1.49. The average Bonchev–Trinajstić information content (AvgIpc) is 2.64. The van der Waals surface area contributed by atoms with E-state index in [2.05, 4.69) is 18.1 Å². The molecule has 0 aliphatic rings. The second-order valence-electron chi connectivity index (χ2n) is 4.41. The Labute approximate surface area is 92.2 Å². The lowest BCUT2D eigenvalue weighted by Gasteiger charge is -2.12. The highest BCUT2D eigenvalue weighted by atomic mass is 16.3. The number of hydrogen-bond acceptors (Lipinski definition) is 1. The molecule has 0 spiro atoms. The maximum atomic E-state index is 9.87. The number of aliphatic hydroxyl groups is 1. The second kappa shape index (κ2) is 5.17. The Morgan fingerprint density at radius 1 is 1.53 bits per heavy atom. The van der Waals surface area contributed by atoms with Crippen LogP contribution in [0.2, 0.25) is 0 Å². The number of rotatable bonds is 5. The molecule has 15 heavy (non-hydrogen) atoms. The SMILES string of the molecule is C=C(CC)Cn1ccc(C(O)C(C)C)c1. The summed E-state index contributed by atoms with van der Waals surface area (Å²) in [4.78, 5) is 0. The predicted molar refractivity (Wildman–Crippen MR) is 63.7 cm³/mol. The zero-order chi connectivity index (χ0) is 11.4. The van der Waals surface area contributed by atoms with Crippen LogP contribution in [0.3, 0.4) is 0 Å². The first-order chi connectivity index (χ1) is 7.04. The minimum atomic E-state index is -0.360. The van der Waals surface area contributed by atoms with Gasteiger partial charge in [-0.1, -0.05) is 32.9 Å². The van der Waals surface area contributed by atoms with Crippen molar-refractivity contribution in [1.82, 2.24) is 4.57 Å². The highest BCUT2D eigenvalue weighted by Crippen LogP contribution is 2.21. The zero-order valence-electron chi connectivity index (χ0n) is 9.90. The van der Waals surface area contributed by atoms with Gasteiger partial charge >= 0.3 is 0 Å². The molecular weight excluding hydrogens is 186 g/mol. The van der Waals surface area contributed by atoms with Gasteiger partial charge in [0.25, 0.3) is 0 Å². The molecule has 84 valence electrons. The maximum absolute atomic E-state index is 9.87. The highest BCUT2D eigenvalue weighted by molar-refractivity contribution is 5.15. The van der Waals surface area contributed by atoms with Gasteiger partial charge in [0.05, 0.1) is 6.10 Å². The number of hydrogen-bond donors (Lipinski definition) is 1. The van der Waals surface area contributed by atoms with Crippen molar-refractivity contribution in [2.45, 2.75) is 39.8 Å². The summed E-state index contributed by atoms with van der Waals surface area (Å²) in [7, 11) is 0. The van der Waals surface area contributed by atoms with Crippen LogP contribution in [0, 0.1) is 5.92 Å². The summed E-state index contributed by atoms with van der Waals surface area (Å²) in [6.07, 6.45) is 4.65. The predicted octanol–water partition coefficient (Wildman–Crippen LogP) is 3.14. The van der Waals surface area contributed by atoms with Crippen LogP contribution in [-0.4, -0.2) is 9.67 Å². The quantitative estimate of drug-likeness (QED) is 0.737. The van der Waals surface area contributed by atoms with E-state index in [-0.39, 0.29) is 12.0 Å². The van der Waals surface area contributed by atoms with Gasteiger partial charge in [0, 0.05) is 18.9 Å². The second-order valence-corrected chi connectivity index (χ2v) is 4.41. The molecule has 1 aromatic rings. The molecule has 2 nitrogen and oxygen atoms in total. The van der Waals surface area contributed by atoms with Crippen molar-refractivity contribution < 1.29 is 5.11 Å². The molecule has 0 aliphatic carbocycles. The largest absolute Gasteiger partial charge is 0.388 e. The fraction of sp³-hybridized carbons (Fsp3) is 0.538. The molecule has 0 saturated heterocycles. The van der Waals surface area contributed by atoms with Gasteiger partial charge in [0.2, 0.25) is 0 Å². The Bertz CT molecular complexity index is 325. The molecule has 0 amide bonds. The molecule has 0 saturated carbocycles. The minimum absolute atomic E-state index is 0.259. The first-order valence-corrected chi connectivity index (χ1v) is 5.55. The van der Waals surface area contributed by atoms with Crippen LogP contribution in [0.5, 0.6) is 0 Å². The van der Waals surface area contributed by atoms with Gasteiger partial charge in [0.1, 0.15) is 0 Å². The molecule has 1 aromatic heterocycles. The summed E-state index contributed by atoms with van der Waals surface area (Å²) in [6.45, 7) is 11.0. The average molecular weight is 207 g/mol. The van der Waals surface area contributed by atoms with Gasteiger partial charge in [-0.05, 0) is 24.0 Å². The van der Waals surface area contributed by atoms with Crippen molar-refractivity contribution in [2.24, 2.45) is 5.92 Å². The van der Waals surface area contributed by atoms with Crippen LogP contribution in [0.4, 0.5) is 0 Å². The molecule has 1 N–H and O–H groups in total. The molecule has 1 atom stereocenters. The third-order valence-corrected chi connectivity index (χ3v) is 2.65. The number of aromatic nitrogens is 1. The van der Waals surface area contributed by atoms with Gasteiger partial charge in [-0.2, -0.15) is 0 Å². The molecule has 2 heteroatoms. The lowest BCUT2D eigenvalue weighted by molar-refractivity contribution is 0.127. The lowest BCUT2D eigenvalue weighted by atomic mass is 10.0. The summed E-state index contributed by atoms with van der Waals surface area (Å²) < 4.78 is 2.08. The summed E-state index contributed by atoms with van der Waals surface area (Å²) >= 11 is 0. The first kappa shape index (κ1) is 12.1. The van der Waals surface area contributed by atoms with Crippen LogP contribution < -0.4 is 0 Å². The maximum Gasteiger partial charge on any atom is 0.0827 e. The van der Waals surface area contributed by atoms with E-state index in [0.29, 0.717) is 0 Å².